The summed E-state index contributed by atoms with van der Waals surface area (Å²) in [5.41, 5.74) is -2.97. The highest BCUT2D eigenvalue weighted by Crippen LogP contribution is 2.17. The maximum absolute atomic E-state index is 12.4. The Hall–Kier alpha value is -3.87. The van der Waals surface area contributed by atoms with Gasteiger partial charge >= 0.3 is 18.3 Å². The van der Waals surface area contributed by atoms with Gasteiger partial charge in [0.2, 0.25) is 5.96 Å². The van der Waals surface area contributed by atoms with Crippen LogP contribution < -0.4 is 26.0 Å². The van der Waals surface area contributed by atoms with E-state index in [1.165, 1.54) is 0 Å². The van der Waals surface area contributed by atoms with Crippen LogP contribution in [0.4, 0.5) is 14.4 Å². The molecule has 0 saturated heterocycles. The first-order chi connectivity index (χ1) is 19.7. The molecule has 44 heavy (non-hydrogen) atoms. The summed E-state index contributed by atoms with van der Waals surface area (Å²) >= 11 is 0. The van der Waals surface area contributed by atoms with Gasteiger partial charge in [-0.05, 0) is 114 Å². The molecule has 248 valence electrons. The number of nitrogens with one attached hydrogen (secondary N) is 5. The van der Waals surface area contributed by atoms with Crippen LogP contribution in [0.25, 0.3) is 0 Å². The lowest BCUT2D eigenvalue weighted by Gasteiger charge is -2.31. The fourth-order valence-electron chi connectivity index (χ4n) is 3.20. The van der Waals surface area contributed by atoms with E-state index < -0.39 is 46.2 Å². The van der Waals surface area contributed by atoms with Crippen LogP contribution in [0.3, 0.4) is 0 Å². The molecule has 0 fully saturated rings. The van der Waals surface area contributed by atoms with Gasteiger partial charge in [-0.1, -0.05) is 0 Å². The van der Waals surface area contributed by atoms with Gasteiger partial charge in [0.1, 0.15) is 35.0 Å². The first kappa shape index (κ1) is 38.2. The molecule has 0 unspecified atom stereocenters. The molecule has 0 radical (unpaired) electrons. The van der Waals surface area contributed by atoms with Crippen molar-refractivity contribution in [2.24, 2.45) is 4.99 Å². The number of hydrogen-bond acceptors (Lipinski definition) is 10. The minimum atomic E-state index is -0.792. The molecule has 0 heterocycles. The minimum Gasteiger partial charge on any atom is -0.492 e. The molecule has 0 aliphatic rings. The summed E-state index contributed by atoms with van der Waals surface area (Å²) < 4.78 is 21.8. The van der Waals surface area contributed by atoms with Gasteiger partial charge in [0, 0.05) is 17.6 Å². The lowest BCUT2D eigenvalue weighted by Crippen LogP contribution is -2.52. The van der Waals surface area contributed by atoms with Crippen molar-refractivity contribution in [3.05, 3.63) is 29.8 Å². The summed E-state index contributed by atoms with van der Waals surface area (Å²) in [6.07, 6.45) is -2.24. The standard InChI is InChI=1S/C31H52N6O7/c1-27(2,3)42-24(38)34-22(32)20-14-16-21(17-15-20)41-19-31(12,13)33-18-30(10,11)37-23(35-25(39)43-28(4,5)6)36-26(40)44-29(7,8)9/h14-17,33H,18-19H2,1-13H3,(H2,32,34,38)(H2,35,36,37,39,40). The van der Waals surface area contributed by atoms with Gasteiger partial charge in [0.15, 0.2) is 0 Å². The largest absolute Gasteiger partial charge is 0.492 e. The molecule has 13 nitrogen and oxygen atoms in total. The number of rotatable bonds is 8. The Labute approximate surface area is 261 Å². The first-order valence-electron chi connectivity index (χ1n) is 14.4. The Morgan fingerprint density at radius 2 is 1.09 bits per heavy atom. The second-order valence-electron chi connectivity index (χ2n) is 14.6. The monoisotopic (exact) mass is 620 g/mol. The number of alkyl carbamates (subject to hydrolysis) is 3. The van der Waals surface area contributed by atoms with Crippen molar-refractivity contribution in [2.45, 2.75) is 118 Å². The average molecular weight is 621 g/mol. The van der Waals surface area contributed by atoms with Gasteiger partial charge in [-0.2, -0.15) is 0 Å². The summed E-state index contributed by atoms with van der Waals surface area (Å²) in [5.74, 6) is 0.384. The van der Waals surface area contributed by atoms with Gasteiger partial charge in [-0.25, -0.2) is 19.4 Å². The summed E-state index contributed by atoms with van der Waals surface area (Å²) in [7, 11) is 0. The van der Waals surface area contributed by atoms with E-state index in [9.17, 15) is 14.4 Å². The molecular formula is C31H52N6O7. The molecule has 1 rings (SSSR count). The Morgan fingerprint density at radius 3 is 1.50 bits per heavy atom. The van der Waals surface area contributed by atoms with E-state index in [1.54, 1.807) is 86.6 Å². The molecule has 0 aliphatic carbocycles. The number of nitrogens with zero attached hydrogens (tertiary/aromatic N) is 1. The number of aliphatic imine (C=N–C) groups is 1. The number of ether oxygens (including phenoxy) is 4. The fraction of sp³-hybridized carbons (Fsp3) is 0.645. The third-order valence-electron chi connectivity index (χ3n) is 5.02. The SMILES string of the molecule is CC(C)(CNC(C)(C)COc1ccc(C(=N)NC(=O)OC(C)(C)C)cc1)N=C(NC(=O)OC(C)(C)C)NC(=O)OC(C)(C)C. The van der Waals surface area contributed by atoms with Gasteiger partial charge in [-0.15, -0.1) is 0 Å². The Morgan fingerprint density at radius 1 is 0.682 bits per heavy atom. The van der Waals surface area contributed by atoms with Gasteiger partial charge in [0.25, 0.3) is 0 Å². The second-order valence-corrected chi connectivity index (χ2v) is 14.6. The third kappa shape index (κ3) is 17.3. The van der Waals surface area contributed by atoms with E-state index in [1.807, 2.05) is 27.7 Å². The van der Waals surface area contributed by atoms with E-state index in [-0.39, 0.29) is 11.8 Å². The molecule has 0 spiro atoms. The zero-order valence-corrected chi connectivity index (χ0v) is 28.5. The van der Waals surface area contributed by atoms with Crippen molar-refractivity contribution in [1.29, 1.82) is 5.41 Å². The molecule has 0 bridgehead atoms. The van der Waals surface area contributed by atoms with Crippen molar-refractivity contribution in [3.8, 4) is 5.75 Å². The number of hydrogen-bond donors (Lipinski definition) is 5. The van der Waals surface area contributed by atoms with Crippen LogP contribution in [-0.2, 0) is 14.2 Å². The molecule has 0 atom stereocenters. The van der Waals surface area contributed by atoms with Crippen LogP contribution in [0.5, 0.6) is 5.75 Å². The number of amidine groups is 1. The first-order valence-corrected chi connectivity index (χ1v) is 14.4. The van der Waals surface area contributed by atoms with Crippen LogP contribution in [0.1, 0.15) is 95.6 Å². The highest BCUT2D eigenvalue weighted by Gasteiger charge is 2.27. The van der Waals surface area contributed by atoms with Crippen molar-refractivity contribution in [2.75, 3.05) is 13.2 Å². The molecule has 0 saturated carbocycles. The highest BCUT2D eigenvalue weighted by atomic mass is 16.6. The normalized spacial score (nSPS) is 12.4. The number of guanidine groups is 1. The molecule has 3 amide bonds. The smallest absolute Gasteiger partial charge is 0.414 e. The maximum Gasteiger partial charge on any atom is 0.414 e. The highest BCUT2D eigenvalue weighted by molar-refractivity contribution is 6.04. The summed E-state index contributed by atoms with van der Waals surface area (Å²) in [4.78, 5) is 41.4. The Balaban J connectivity index is 2.85. The van der Waals surface area contributed by atoms with E-state index >= 15 is 0 Å². The minimum absolute atomic E-state index is 0.0859. The summed E-state index contributed by atoms with van der Waals surface area (Å²) in [5, 5.41) is 18.9. The molecule has 1 aromatic carbocycles. The lowest BCUT2D eigenvalue weighted by molar-refractivity contribution is 0.0534. The zero-order valence-electron chi connectivity index (χ0n) is 28.5. The van der Waals surface area contributed by atoms with Crippen LogP contribution >= 0.6 is 0 Å². The topological polar surface area (TPSA) is 172 Å². The molecule has 13 heteroatoms. The quantitative estimate of drug-likeness (QED) is 0.145. The van der Waals surface area contributed by atoms with Gasteiger partial charge in [0.05, 0.1) is 5.54 Å². The zero-order chi connectivity index (χ0) is 34.1. The van der Waals surface area contributed by atoms with E-state index in [0.29, 0.717) is 24.5 Å². The van der Waals surface area contributed by atoms with Crippen molar-refractivity contribution < 1.29 is 33.3 Å². The molecule has 5 N–H and O–H groups in total. The maximum atomic E-state index is 12.4. The molecular weight excluding hydrogens is 568 g/mol. The molecule has 0 aliphatic heterocycles. The predicted octanol–water partition coefficient (Wildman–Crippen LogP) is 5.47. The Bertz CT molecular complexity index is 1160. The number of amides is 3. The lowest BCUT2D eigenvalue weighted by atomic mass is 10.0. The van der Waals surface area contributed by atoms with Crippen molar-refractivity contribution in [3.63, 3.8) is 0 Å². The Kier molecular flexibility index (Phi) is 12.8. The number of benzene rings is 1. The number of carbonyl (C=O) groups is 3. The van der Waals surface area contributed by atoms with E-state index in [2.05, 4.69) is 26.3 Å². The van der Waals surface area contributed by atoms with E-state index in [0.717, 1.165) is 0 Å². The van der Waals surface area contributed by atoms with Crippen LogP contribution in [-0.4, -0.2) is 71.1 Å². The van der Waals surface area contributed by atoms with Crippen molar-refractivity contribution >= 4 is 30.1 Å². The van der Waals surface area contributed by atoms with Crippen molar-refractivity contribution in [1.82, 2.24) is 21.3 Å². The van der Waals surface area contributed by atoms with Gasteiger partial charge < -0.3 is 24.3 Å². The second kappa shape index (κ2) is 14.7. The van der Waals surface area contributed by atoms with E-state index in [4.69, 9.17) is 24.4 Å². The van der Waals surface area contributed by atoms with Crippen LogP contribution in [0.15, 0.2) is 29.3 Å². The summed E-state index contributed by atoms with van der Waals surface area (Å²) in [6, 6.07) is 6.76. The third-order valence-corrected chi connectivity index (χ3v) is 5.02. The molecule has 1 aromatic rings. The van der Waals surface area contributed by atoms with Crippen LogP contribution in [0.2, 0.25) is 0 Å². The van der Waals surface area contributed by atoms with Crippen LogP contribution in [0, 0.1) is 5.41 Å². The van der Waals surface area contributed by atoms with Gasteiger partial charge in [-0.3, -0.25) is 21.4 Å². The predicted molar refractivity (Wildman–Crippen MR) is 170 cm³/mol. The molecule has 0 aromatic heterocycles. The fourth-order valence-corrected chi connectivity index (χ4v) is 3.20. The number of carbonyl (C=O) groups excluding carboxylic acids is 3. The average Bonchev–Trinajstić information content (AvgIpc) is 2.78. The summed E-state index contributed by atoms with van der Waals surface area (Å²) in [6.45, 7) is 23.8.